The summed E-state index contributed by atoms with van der Waals surface area (Å²) < 4.78 is 22.3. The molecule has 2 aliphatic heterocycles. The highest BCUT2D eigenvalue weighted by Gasteiger charge is 2.39. The molecule has 0 saturated carbocycles. The summed E-state index contributed by atoms with van der Waals surface area (Å²) in [6.07, 6.45) is 1.00. The van der Waals surface area contributed by atoms with E-state index in [1.54, 1.807) is 28.4 Å². The van der Waals surface area contributed by atoms with Gasteiger partial charge in [-0.15, -0.1) is 0 Å². The van der Waals surface area contributed by atoms with Crippen molar-refractivity contribution in [2.24, 2.45) is 0 Å². The molecule has 1 unspecified atom stereocenters. The monoisotopic (exact) mass is 369 g/mol. The van der Waals surface area contributed by atoms with Crippen molar-refractivity contribution in [3.63, 3.8) is 0 Å². The quantitative estimate of drug-likeness (QED) is 0.816. The second-order valence-corrected chi connectivity index (χ2v) is 7.23. The molecule has 0 bridgehead atoms. The highest BCUT2D eigenvalue weighted by atomic mass is 16.5. The largest absolute Gasteiger partial charge is 0.493 e. The van der Waals surface area contributed by atoms with Crippen LogP contribution in [0.2, 0.25) is 0 Å². The third kappa shape index (κ3) is 2.72. The van der Waals surface area contributed by atoms with Crippen LogP contribution in [0.4, 0.5) is 0 Å². The predicted octanol–water partition coefficient (Wildman–Crippen LogP) is 3.94. The molecule has 2 heterocycles. The molecule has 2 aromatic carbocycles. The molecule has 27 heavy (non-hydrogen) atoms. The first-order valence-corrected chi connectivity index (χ1v) is 9.35. The number of nitrogens with zero attached hydrogens (tertiary/aromatic N) is 1. The summed E-state index contributed by atoms with van der Waals surface area (Å²) >= 11 is 0. The summed E-state index contributed by atoms with van der Waals surface area (Å²) in [7, 11) is 6.80. The molecule has 5 heteroatoms. The average molecular weight is 369 g/mol. The Hall–Kier alpha value is -2.40. The lowest BCUT2D eigenvalue weighted by atomic mass is 9.77. The van der Waals surface area contributed by atoms with Gasteiger partial charge in [-0.1, -0.05) is 13.0 Å². The van der Waals surface area contributed by atoms with Crippen LogP contribution in [-0.4, -0.2) is 39.9 Å². The minimum absolute atomic E-state index is 0.319. The first-order chi connectivity index (χ1) is 13.1. The molecule has 5 nitrogen and oxygen atoms in total. The third-order valence-corrected chi connectivity index (χ3v) is 6.04. The van der Waals surface area contributed by atoms with Crippen molar-refractivity contribution in [1.29, 1.82) is 0 Å². The van der Waals surface area contributed by atoms with Crippen LogP contribution in [0.15, 0.2) is 24.3 Å². The zero-order valence-electron chi connectivity index (χ0n) is 16.7. The van der Waals surface area contributed by atoms with Crippen molar-refractivity contribution in [2.45, 2.75) is 31.8 Å². The molecule has 0 saturated heterocycles. The SMILES string of the molecule is COc1cc2c(cc1OC)C1[C@@H](C)c3ccc(OC)c(OC)c3CN1CC2. The Morgan fingerprint density at radius 3 is 2.22 bits per heavy atom. The first-order valence-electron chi connectivity index (χ1n) is 9.35. The van der Waals surface area contributed by atoms with Gasteiger partial charge in [0.2, 0.25) is 0 Å². The third-order valence-electron chi connectivity index (χ3n) is 6.04. The molecule has 2 aliphatic rings. The molecule has 2 atom stereocenters. The first kappa shape index (κ1) is 18.0. The molecule has 2 aromatic rings. The number of hydrogen-bond donors (Lipinski definition) is 0. The van der Waals surface area contributed by atoms with Gasteiger partial charge in [0.25, 0.3) is 0 Å². The van der Waals surface area contributed by atoms with Gasteiger partial charge < -0.3 is 18.9 Å². The van der Waals surface area contributed by atoms with E-state index < -0.39 is 0 Å². The maximum absolute atomic E-state index is 5.71. The van der Waals surface area contributed by atoms with Gasteiger partial charge >= 0.3 is 0 Å². The summed E-state index contributed by atoms with van der Waals surface area (Å²) in [5, 5.41) is 0. The smallest absolute Gasteiger partial charge is 0.165 e. The average Bonchev–Trinajstić information content (AvgIpc) is 2.71. The number of rotatable bonds is 4. The van der Waals surface area contributed by atoms with Crippen LogP contribution in [0.3, 0.4) is 0 Å². The molecule has 0 radical (unpaired) electrons. The van der Waals surface area contributed by atoms with Gasteiger partial charge in [0.05, 0.1) is 28.4 Å². The maximum atomic E-state index is 5.71. The van der Waals surface area contributed by atoms with Crippen molar-refractivity contribution >= 4 is 0 Å². The van der Waals surface area contributed by atoms with Gasteiger partial charge in [-0.25, -0.2) is 0 Å². The summed E-state index contributed by atoms with van der Waals surface area (Å²) in [6.45, 7) is 4.17. The molecule has 0 aliphatic carbocycles. The van der Waals surface area contributed by atoms with Crippen LogP contribution in [0, 0.1) is 0 Å². The van der Waals surface area contributed by atoms with E-state index in [0.717, 1.165) is 42.5 Å². The summed E-state index contributed by atoms with van der Waals surface area (Å²) in [5.74, 6) is 3.60. The highest BCUT2D eigenvalue weighted by Crippen LogP contribution is 2.50. The summed E-state index contributed by atoms with van der Waals surface area (Å²) in [5.41, 5.74) is 5.26. The highest BCUT2D eigenvalue weighted by molar-refractivity contribution is 5.56. The van der Waals surface area contributed by atoms with E-state index in [1.807, 2.05) is 6.07 Å². The van der Waals surface area contributed by atoms with E-state index in [-0.39, 0.29) is 0 Å². The lowest BCUT2D eigenvalue weighted by Gasteiger charge is -2.45. The Morgan fingerprint density at radius 2 is 1.56 bits per heavy atom. The second-order valence-electron chi connectivity index (χ2n) is 7.23. The topological polar surface area (TPSA) is 40.2 Å². The Balaban J connectivity index is 1.82. The van der Waals surface area contributed by atoms with Gasteiger partial charge in [-0.2, -0.15) is 0 Å². The number of methoxy groups -OCH3 is 4. The molecule has 0 N–H and O–H groups in total. The molecule has 0 amide bonds. The van der Waals surface area contributed by atoms with Crippen LogP contribution in [0.25, 0.3) is 0 Å². The fraction of sp³-hybridized carbons (Fsp3) is 0.455. The molecule has 0 fully saturated rings. The van der Waals surface area contributed by atoms with Crippen LogP contribution in [0.1, 0.15) is 41.1 Å². The van der Waals surface area contributed by atoms with Crippen LogP contribution >= 0.6 is 0 Å². The zero-order valence-corrected chi connectivity index (χ0v) is 16.7. The van der Waals surface area contributed by atoms with Gasteiger partial charge in [0.1, 0.15) is 0 Å². The molecule has 4 rings (SSSR count). The Bertz CT molecular complexity index is 864. The van der Waals surface area contributed by atoms with Crippen LogP contribution in [-0.2, 0) is 13.0 Å². The van der Waals surface area contributed by atoms with Crippen molar-refractivity contribution in [1.82, 2.24) is 4.90 Å². The zero-order chi connectivity index (χ0) is 19.1. The molecule has 144 valence electrons. The van der Waals surface area contributed by atoms with Crippen LogP contribution < -0.4 is 18.9 Å². The molecular formula is C22H27NO4. The van der Waals surface area contributed by atoms with Crippen molar-refractivity contribution < 1.29 is 18.9 Å². The number of fused-ring (bicyclic) bond motifs is 4. The van der Waals surface area contributed by atoms with Crippen molar-refractivity contribution in [3.05, 3.63) is 46.5 Å². The molecule has 0 aromatic heterocycles. The summed E-state index contributed by atoms with van der Waals surface area (Å²) in [6, 6.07) is 8.82. The van der Waals surface area contributed by atoms with E-state index >= 15 is 0 Å². The standard InChI is InChI=1S/C22H27NO4/c1-13-15-6-7-18(24-2)22(27-5)17(15)12-23-9-8-14-10-19(25-3)20(26-4)11-16(14)21(13)23/h6-7,10-11,13,21H,8-9,12H2,1-5H3/t13-,21?/m0/s1. The van der Waals surface area contributed by atoms with Crippen molar-refractivity contribution in [3.8, 4) is 23.0 Å². The normalized spacial score (nSPS) is 20.9. The van der Waals surface area contributed by atoms with E-state index in [0.29, 0.717) is 12.0 Å². The van der Waals surface area contributed by atoms with Gasteiger partial charge in [0.15, 0.2) is 23.0 Å². The Morgan fingerprint density at radius 1 is 0.852 bits per heavy atom. The minimum Gasteiger partial charge on any atom is -0.493 e. The van der Waals surface area contributed by atoms with Crippen molar-refractivity contribution in [2.75, 3.05) is 35.0 Å². The summed E-state index contributed by atoms with van der Waals surface area (Å²) in [4.78, 5) is 2.54. The lowest BCUT2D eigenvalue weighted by molar-refractivity contribution is 0.136. The second kappa shape index (κ2) is 6.97. The van der Waals surface area contributed by atoms with Gasteiger partial charge in [0, 0.05) is 30.6 Å². The van der Waals surface area contributed by atoms with E-state index in [1.165, 1.54) is 22.3 Å². The Labute approximate surface area is 160 Å². The van der Waals surface area contributed by atoms with Crippen LogP contribution in [0.5, 0.6) is 23.0 Å². The molecule has 0 spiro atoms. The number of ether oxygens (including phenoxy) is 4. The lowest BCUT2D eigenvalue weighted by Crippen LogP contribution is -2.41. The molecular weight excluding hydrogens is 342 g/mol. The maximum Gasteiger partial charge on any atom is 0.165 e. The number of hydrogen-bond acceptors (Lipinski definition) is 5. The fourth-order valence-corrected chi connectivity index (χ4v) is 4.76. The van der Waals surface area contributed by atoms with E-state index in [2.05, 4.69) is 30.0 Å². The fourth-order valence-electron chi connectivity index (χ4n) is 4.76. The van der Waals surface area contributed by atoms with Gasteiger partial charge in [-0.3, -0.25) is 4.90 Å². The van der Waals surface area contributed by atoms with Gasteiger partial charge in [-0.05, 0) is 41.3 Å². The van der Waals surface area contributed by atoms with E-state index in [9.17, 15) is 0 Å². The Kier molecular flexibility index (Phi) is 4.64. The predicted molar refractivity (Wildman–Crippen MR) is 104 cm³/mol. The van der Waals surface area contributed by atoms with E-state index in [4.69, 9.17) is 18.9 Å². The minimum atomic E-state index is 0.319. The number of benzene rings is 2.